The molecule has 5 nitrogen and oxygen atoms in total. The third-order valence-electron chi connectivity index (χ3n) is 4.73. The van der Waals surface area contributed by atoms with E-state index >= 15 is 0 Å². The van der Waals surface area contributed by atoms with Gasteiger partial charge < -0.3 is 20.4 Å². The summed E-state index contributed by atoms with van der Waals surface area (Å²) in [5.74, 6) is -0.971. The zero-order valence-electron chi connectivity index (χ0n) is 16.7. The van der Waals surface area contributed by atoms with Gasteiger partial charge in [0.25, 0.3) is 0 Å². The predicted octanol–water partition coefficient (Wildman–Crippen LogP) is 4.22. The molecule has 0 aliphatic heterocycles. The summed E-state index contributed by atoms with van der Waals surface area (Å²) in [6, 6.07) is 4.21. The van der Waals surface area contributed by atoms with Crippen molar-refractivity contribution in [2.45, 2.75) is 71.5 Å². The van der Waals surface area contributed by atoms with Crippen molar-refractivity contribution in [2.24, 2.45) is 0 Å². The zero-order valence-corrected chi connectivity index (χ0v) is 16.7. The molecule has 0 saturated heterocycles. The average Bonchev–Trinajstić information content (AvgIpc) is 2.58. The van der Waals surface area contributed by atoms with Crippen LogP contribution >= 0.6 is 0 Å². The maximum absolute atomic E-state index is 11.0. The first kappa shape index (κ1) is 22.9. The second-order valence-corrected chi connectivity index (χ2v) is 7.64. The Morgan fingerprint density at radius 3 is 2.48 bits per heavy atom. The van der Waals surface area contributed by atoms with Crippen LogP contribution in [0, 0.1) is 0 Å². The fourth-order valence-corrected chi connectivity index (χ4v) is 2.76. The molecule has 4 N–H and O–H groups in total. The van der Waals surface area contributed by atoms with Crippen LogP contribution in [0.5, 0.6) is 5.75 Å². The number of aliphatic hydroxyl groups is 2. The molecule has 27 heavy (non-hydrogen) atoms. The Morgan fingerprint density at radius 2 is 1.89 bits per heavy atom. The minimum absolute atomic E-state index is 0.0614. The molecule has 0 spiro atoms. The third-order valence-corrected chi connectivity index (χ3v) is 4.73. The van der Waals surface area contributed by atoms with E-state index in [1.165, 1.54) is 23.8 Å². The van der Waals surface area contributed by atoms with E-state index < -0.39 is 17.7 Å². The van der Waals surface area contributed by atoms with Gasteiger partial charge >= 0.3 is 5.97 Å². The standard InChI is InChI=1S/C22H32O5/c1-15(2)6-5-13-22(4,27)20(24)12-8-16(3)7-9-17-14-18(21(25)26)10-11-19(17)23/h6-7,10-11,14,20,23-24,27H,5,8-9,12-13H2,1-4H3,(H,25,26)/b16-7+/t20-,22-/m1/s1. The summed E-state index contributed by atoms with van der Waals surface area (Å²) in [5.41, 5.74) is 1.74. The van der Waals surface area contributed by atoms with Crippen molar-refractivity contribution in [1.82, 2.24) is 0 Å². The van der Waals surface area contributed by atoms with Crippen molar-refractivity contribution in [2.75, 3.05) is 0 Å². The molecular formula is C22H32O5. The monoisotopic (exact) mass is 376 g/mol. The molecule has 150 valence electrons. The lowest BCUT2D eigenvalue weighted by molar-refractivity contribution is -0.0691. The minimum Gasteiger partial charge on any atom is -0.508 e. The van der Waals surface area contributed by atoms with E-state index in [0.29, 0.717) is 31.2 Å². The Bertz CT molecular complexity index is 697. The molecule has 1 aromatic carbocycles. The van der Waals surface area contributed by atoms with Crippen LogP contribution in [0.2, 0.25) is 0 Å². The number of carboxylic acids is 1. The van der Waals surface area contributed by atoms with E-state index in [1.54, 1.807) is 6.92 Å². The highest BCUT2D eigenvalue weighted by Gasteiger charge is 2.29. The van der Waals surface area contributed by atoms with Crippen LogP contribution in [-0.2, 0) is 6.42 Å². The quantitative estimate of drug-likeness (QED) is 0.458. The number of aromatic carboxylic acids is 1. The largest absolute Gasteiger partial charge is 0.508 e. The summed E-state index contributed by atoms with van der Waals surface area (Å²) in [4.78, 5) is 11.0. The van der Waals surface area contributed by atoms with E-state index in [-0.39, 0.29) is 11.3 Å². The van der Waals surface area contributed by atoms with Gasteiger partial charge in [0, 0.05) is 0 Å². The number of hydrogen-bond donors (Lipinski definition) is 4. The molecule has 0 heterocycles. The average molecular weight is 376 g/mol. The number of allylic oxidation sites excluding steroid dienone is 4. The van der Waals surface area contributed by atoms with Crippen molar-refractivity contribution in [3.63, 3.8) is 0 Å². The Hall–Kier alpha value is -2.11. The van der Waals surface area contributed by atoms with Gasteiger partial charge in [0.1, 0.15) is 5.75 Å². The van der Waals surface area contributed by atoms with Gasteiger partial charge in [0.2, 0.25) is 0 Å². The third kappa shape index (κ3) is 7.97. The molecular weight excluding hydrogens is 344 g/mol. The first-order valence-corrected chi connectivity index (χ1v) is 9.27. The van der Waals surface area contributed by atoms with E-state index in [4.69, 9.17) is 5.11 Å². The van der Waals surface area contributed by atoms with Gasteiger partial charge in [-0.25, -0.2) is 4.79 Å². The van der Waals surface area contributed by atoms with Crippen LogP contribution in [0.1, 0.15) is 69.3 Å². The van der Waals surface area contributed by atoms with E-state index in [9.17, 15) is 20.1 Å². The maximum atomic E-state index is 11.0. The molecule has 2 atom stereocenters. The number of carbonyl (C=O) groups is 1. The van der Waals surface area contributed by atoms with Crippen LogP contribution in [0.3, 0.4) is 0 Å². The van der Waals surface area contributed by atoms with Crippen LogP contribution < -0.4 is 0 Å². The van der Waals surface area contributed by atoms with Crippen molar-refractivity contribution in [3.8, 4) is 5.75 Å². The second kappa shape index (κ2) is 10.3. The van der Waals surface area contributed by atoms with Crippen LogP contribution in [0.15, 0.2) is 41.5 Å². The van der Waals surface area contributed by atoms with Gasteiger partial charge in [-0.15, -0.1) is 0 Å². The number of carboxylic acid groups (broad SMARTS) is 1. The first-order chi connectivity index (χ1) is 12.5. The number of aromatic hydroxyl groups is 1. The van der Waals surface area contributed by atoms with Crippen molar-refractivity contribution in [3.05, 3.63) is 52.6 Å². The number of phenolic OH excluding ortho intramolecular Hbond substituents is 1. The number of rotatable bonds is 10. The molecule has 0 aromatic heterocycles. The second-order valence-electron chi connectivity index (χ2n) is 7.64. The lowest BCUT2D eigenvalue weighted by atomic mass is 9.89. The van der Waals surface area contributed by atoms with Crippen LogP contribution in [0.25, 0.3) is 0 Å². The molecule has 0 saturated carbocycles. The van der Waals surface area contributed by atoms with Crippen LogP contribution in [-0.4, -0.2) is 38.1 Å². The summed E-state index contributed by atoms with van der Waals surface area (Å²) >= 11 is 0. The van der Waals surface area contributed by atoms with Gasteiger partial charge in [-0.1, -0.05) is 23.3 Å². The van der Waals surface area contributed by atoms with Gasteiger partial charge in [-0.3, -0.25) is 0 Å². The highest BCUT2D eigenvalue weighted by atomic mass is 16.4. The van der Waals surface area contributed by atoms with Gasteiger partial charge in [-0.05, 0) is 83.6 Å². The molecule has 0 amide bonds. The smallest absolute Gasteiger partial charge is 0.335 e. The normalized spacial score (nSPS) is 15.1. The van der Waals surface area contributed by atoms with Gasteiger partial charge in [0.05, 0.1) is 17.3 Å². The number of hydrogen-bond acceptors (Lipinski definition) is 4. The summed E-state index contributed by atoms with van der Waals surface area (Å²) in [6.07, 6.45) is 5.81. The first-order valence-electron chi connectivity index (χ1n) is 9.27. The molecule has 0 fully saturated rings. The fourth-order valence-electron chi connectivity index (χ4n) is 2.76. The molecule has 0 aliphatic carbocycles. The topological polar surface area (TPSA) is 98.0 Å². The minimum atomic E-state index is -1.14. The van der Waals surface area contributed by atoms with E-state index in [0.717, 1.165) is 12.0 Å². The molecule has 0 bridgehead atoms. The zero-order chi connectivity index (χ0) is 20.6. The predicted molar refractivity (Wildman–Crippen MR) is 107 cm³/mol. The lowest BCUT2D eigenvalue weighted by Crippen LogP contribution is -2.39. The Kier molecular flexibility index (Phi) is 8.73. The molecule has 1 aromatic rings. The molecule has 0 aliphatic rings. The summed E-state index contributed by atoms with van der Waals surface area (Å²) in [6.45, 7) is 7.58. The Morgan fingerprint density at radius 1 is 1.22 bits per heavy atom. The maximum Gasteiger partial charge on any atom is 0.335 e. The number of benzene rings is 1. The van der Waals surface area contributed by atoms with Crippen molar-refractivity contribution < 1.29 is 25.2 Å². The van der Waals surface area contributed by atoms with Gasteiger partial charge in [0.15, 0.2) is 0 Å². The van der Waals surface area contributed by atoms with Crippen molar-refractivity contribution >= 4 is 5.97 Å². The molecule has 0 radical (unpaired) electrons. The van der Waals surface area contributed by atoms with Crippen molar-refractivity contribution in [1.29, 1.82) is 0 Å². The summed E-state index contributed by atoms with van der Waals surface area (Å²) < 4.78 is 0. The highest BCUT2D eigenvalue weighted by molar-refractivity contribution is 5.88. The molecule has 5 heteroatoms. The Labute approximate surface area is 161 Å². The summed E-state index contributed by atoms with van der Waals surface area (Å²) in [5, 5.41) is 39.7. The number of aliphatic hydroxyl groups excluding tert-OH is 1. The number of phenols is 1. The van der Waals surface area contributed by atoms with E-state index in [2.05, 4.69) is 0 Å². The fraction of sp³-hybridized carbons (Fsp3) is 0.500. The van der Waals surface area contributed by atoms with Crippen LogP contribution in [0.4, 0.5) is 0 Å². The van der Waals surface area contributed by atoms with Gasteiger partial charge in [-0.2, -0.15) is 0 Å². The summed E-state index contributed by atoms with van der Waals surface area (Å²) in [7, 11) is 0. The molecule has 0 unspecified atom stereocenters. The van der Waals surface area contributed by atoms with E-state index in [1.807, 2.05) is 32.9 Å². The molecule has 1 rings (SSSR count). The Balaban J connectivity index is 2.61. The lowest BCUT2D eigenvalue weighted by Gasteiger charge is -2.29. The SMILES string of the molecule is CC(C)=CCC[C@@](C)(O)[C@H](O)CC/C(C)=C/Cc1cc(C(=O)O)ccc1O. The highest BCUT2D eigenvalue weighted by Crippen LogP contribution is 2.24.